The molecule has 0 aromatic carbocycles. The molecule has 0 saturated heterocycles. The van der Waals surface area contributed by atoms with Crippen molar-refractivity contribution in [2.75, 3.05) is 0 Å². The van der Waals surface area contributed by atoms with Crippen LogP contribution in [0.5, 0.6) is 0 Å². The molecule has 1 fully saturated rings. The molecule has 0 atom stereocenters. The minimum atomic E-state index is -0.191. The quantitative estimate of drug-likeness (QED) is 0.872. The molecule has 18 heavy (non-hydrogen) atoms. The number of hydrogen-bond donors (Lipinski definition) is 2. The zero-order valence-electron chi connectivity index (χ0n) is 9.93. The summed E-state index contributed by atoms with van der Waals surface area (Å²) in [6.07, 6.45) is 2.45. The van der Waals surface area contributed by atoms with E-state index in [9.17, 15) is 4.79 Å². The summed E-state index contributed by atoms with van der Waals surface area (Å²) in [5.74, 6) is 0.430. The van der Waals surface area contributed by atoms with Crippen LogP contribution in [0.15, 0.2) is 6.07 Å². The number of aromatic nitrogens is 4. The molecular weight excluding hydrogens is 250 g/mol. The lowest BCUT2D eigenvalue weighted by molar-refractivity contribution is 0.0945. The number of carbonyl (C=O) groups is 1. The number of H-pyrrole nitrogens is 1. The summed E-state index contributed by atoms with van der Waals surface area (Å²) in [6, 6.07) is 2.02. The van der Waals surface area contributed by atoms with Crippen molar-refractivity contribution in [2.45, 2.75) is 32.2 Å². The molecule has 0 spiro atoms. The van der Waals surface area contributed by atoms with Crippen LogP contribution in [0.4, 0.5) is 0 Å². The van der Waals surface area contributed by atoms with Gasteiger partial charge < -0.3 is 5.32 Å². The number of nitrogens with one attached hydrogen (secondary N) is 2. The van der Waals surface area contributed by atoms with Crippen LogP contribution < -0.4 is 5.32 Å². The molecule has 2 heterocycles. The monoisotopic (exact) mass is 263 g/mol. The summed E-state index contributed by atoms with van der Waals surface area (Å²) in [5.41, 5.74) is 3.10. The van der Waals surface area contributed by atoms with Crippen LogP contribution in [-0.2, 0) is 6.54 Å². The summed E-state index contributed by atoms with van der Waals surface area (Å²) >= 11 is 1.05. The van der Waals surface area contributed by atoms with Gasteiger partial charge in [-0.2, -0.15) is 13.8 Å². The predicted molar refractivity (Wildman–Crippen MR) is 66.4 cm³/mol. The van der Waals surface area contributed by atoms with Crippen molar-refractivity contribution in [3.05, 3.63) is 28.8 Å². The van der Waals surface area contributed by atoms with E-state index in [0.717, 1.165) is 23.1 Å². The third-order valence-corrected chi connectivity index (χ3v) is 3.57. The van der Waals surface area contributed by atoms with Crippen LogP contribution in [0, 0.1) is 6.92 Å². The van der Waals surface area contributed by atoms with Gasteiger partial charge in [0.1, 0.15) is 0 Å². The lowest BCUT2D eigenvalue weighted by Crippen LogP contribution is -2.24. The molecule has 0 unspecified atom stereocenters. The highest BCUT2D eigenvalue weighted by Gasteiger charge is 2.26. The van der Waals surface area contributed by atoms with E-state index < -0.39 is 0 Å². The van der Waals surface area contributed by atoms with Gasteiger partial charge in [0.15, 0.2) is 5.69 Å². The Labute approximate surface area is 108 Å². The minimum Gasteiger partial charge on any atom is -0.345 e. The van der Waals surface area contributed by atoms with Gasteiger partial charge in [0.25, 0.3) is 5.91 Å². The highest BCUT2D eigenvalue weighted by molar-refractivity contribution is 6.99. The van der Waals surface area contributed by atoms with Crippen molar-refractivity contribution in [2.24, 2.45) is 0 Å². The van der Waals surface area contributed by atoms with Crippen molar-refractivity contribution in [1.29, 1.82) is 0 Å². The fraction of sp³-hybridized carbons (Fsp3) is 0.455. The van der Waals surface area contributed by atoms with Gasteiger partial charge in [-0.15, -0.1) is 0 Å². The molecule has 2 aromatic rings. The second-order valence-electron chi connectivity index (χ2n) is 4.47. The average Bonchev–Trinajstić information content (AvgIpc) is 2.95. The van der Waals surface area contributed by atoms with Crippen molar-refractivity contribution in [1.82, 2.24) is 24.3 Å². The summed E-state index contributed by atoms with van der Waals surface area (Å²) < 4.78 is 7.94. The molecule has 2 N–H and O–H groups in total. The fourth-order valence-corrected chi connectivity index (χ4v) is 2.30. The zero-order valence-corrected chi connectivity index (χ0v) is 10.8. The average molecular weight is 263 g/mol. The SMILES string of the molecule is Cc1nsnc1C(=O)NCc1cc(C2CC2)n[nH]1. The smallest absolute Gasteiger partial charge is 0.273 e. The largest absolute Gasteiger partial charge is 0.345 e. The van der Waals surface area contributed by atoms with Gasteiger partial charge in [-0.3, -0.25) is 9.89 Å². The minimum absolute atomic E-state index is 0.191. The second kappa shape index (κ2) is 4.49. The van der Waals surface area contributed by atoms with Crippen LogP contribution in [-0.4, -0.2) is 24.9 Å². The summed E-state index contributed by atoms with van der Waals surface area (Å²) in [5, 5.41) is 9.99. The lowest BCUT2D eigenvalue weighted by Gasteiger charge is -2.00. The summed E-state index contributed by atoms with van der Waals surface area (Å²) in [4.78, 5) is 11.8. The van der Waals surface area contributed by atoms with E-state index in [1.54, 1.807) is 6.92 Å². The first-order valence-corrected chi connectivity index (χ1v) is 6.58. The zero-order chi connectivity index (χ0) is 12.5. The number of nitrogens with zero attached hydrogens (tertiary/aromatic N) is 3. The van der Waals surface area contributed by atoms with Crippen LogP contribution in [0.2, 0.25) is 0 Å². The van der Waals surface area contributed by atoms with Crippen molar-refractivity contribution < 1.29 is 4.79 Å². The molecule has 0 aliphatic heterocycles. The van der Waals surface area contributed by atoms with E-state index in [0.29, 0.717) is 23.9 Å². The standard InChI is InChI=1S/C11H13N5OS/c1-6-10(16-18-15-6)11(17)12-5-8-4-9(14-13-8)7-2-3-7/h4,7H,2-3,5H2,1H3,(H,12,17)(H,13,14). The van der Waals surface area contributed by atoms with E-state index >= 15 is 0 Å². The molecule has 1 saturated carbocycles. The summed E-state index contributed by atoms with van der Waals surface area (Å²) in [7, 11) is 0. The lowest BCUT2D eigenvalue weighted by atomic mass is 10.2. The molecule has 94 valence electrons. The van der Waals surface area contributed by atoms with Crippen molar-refractivity contribution in [3.8, 4) is 0 Å². The highest BCUT2D eigenvalue weighted by Crippen LogP contribution is 2.38. The molecule has 1 amide bonds. The first-order chi connectivity index (χ1) is 8.74. The molecule has 2 aromatic heterocycles. The highest BCUT2D eigenvalue weighted by atomic mass is 32.1. The molecule has 6 nitrogen and oxygen atoms in total. The number of carbonyl (C=O) groups excluding carboxylic acids is 1. The molecule has 3 rings (SSSR count). The van der Waals surface area contributed by atoms with Crippen molar-refractivity contribution in [3.63, 3.8) is 0 Å². The van der Waals surface area contributed by atoms with E-state index in [-0.39, 0.29) is 5.91 Å². The first-order valence-electron chi connectivity index (χ1n) is 5.85. The fourth-order valence-electron chi connectivity index (χ4n) is 1.75. The number of hydrogen-bond acceptors (Lipinski definition) is 5. The Hall–Kier alpha value is -1.76. The Morgan fingerprint density at radius 3 is 3.06 bits per heavy atom. The first kappa shape index (κ1) is 11.3. The number of aryl methyl sites for hydroxylation is 1. The third-order valence-electron chi connectivity index (χ3n) is 2.95. The van der Waals surface area contributed by atoms with Gasteiger partial charge in [0.2, 0.25) is 0 Å². The maximum atomic E-state index is 11.8. The normalized spacial score (nSPS) is 14.7. The van der Waals surface area contributed by atoms with Crippen LogP contribution in [0.1, 0.15) is 46.3 Å². The van der Waals surface area contributed by atoms with Gasteiger partial charge in [-0.25, -0.2) is 0 Å². The molecular formula is C11H13N5OS. The number of aromatic amines is 1. The van der Waals surface area contributed by atoms with E-state index in [1.807, 2.05) is 6.07 Å². The Kier molecular flexibility index (Phi) is 2.83. The molecule has 1 aliphatic rings. The Morgan fingerprint density at radius 2 is 2.39 bits per heavy atom. The summed E-state index contributed by atoms with van der Waals surface area (Å²) in [6.45, 7) is 2.22. The van der Waals surface area contributed by atoms with Crippen LogP contribution in [0.3, 0.4) is 0 Å². The number of amides is 1. The Balaban J connectivity index is 1.60. The Bertz CT molecular complexity index is 572. The topological polar surface area (TPSA) is 83.6 Å². The molecule has 0 bridgehead atoms. The van der Waals surface area contributed by atoms with Gasteiger partial charge in [-0.05, 0) is 25.8 Å². The Morgan fingerprint density at radius 1 is 1.56 bits per heavy atom. The number of rotatable bonds is 4. The van der Waals surface area contributed by atoms with E-state index in [2.05, 4.69) is 24.3 Å². The van der Waals surface area contributed by atoms with Crippen molar-refractivity contribution >= 4 is 17.6 Å². The van der Waals surface area contributed by atoms with Gasteiger partial charge in [-0.1, -0.05) is 0 Å². The predicted octanol–water partition coefficient (Wildman–Crippen LogP) is 1.38. The maximum Gasteiger partial charge on any atom is 0.273 e. The van der Waals surface area contributed by atoms with E-state index in [4.69, 9.17) is 0 Å². The van der Waals surface area contributed by atoms with Gasteiger partial charge in [0.05, 0.1) is 35.4 Å². The van der Waals surface area contributed by atoms with E-state index in [1.165, 1.54) is 12.8 Å². The molecule has 1 aliphatic carbocycles. The molecule has 0 radical (unpaired) electrons. The second-order valence-corrected chi connectivity index (χ2v) is 5.00. The third kappa shape index (κ3) is 2.26. The maximum absolute atomic E-state index is 11.8. The van der Waals surface area contributed by atoms with Crippen LogP contribution in [0.25, 0.3) is 0 Å². The van der Waals surface area contributed by atoms with Gasteiger partial charge in [0, 0.05) is 5.92 Å². The van der Waals surface area contributed by atoms with Crippen LogP contribution >= 0.6 is 11.7 Å². The van der Waals surface area contributed by atoms with Gasteiger partial charge >= 0.3 is 0 Å². The molecule has 7 heteroatoms.